The van der Waals surface area contributed by atoms with Crippen LogP contribution in [0.15, 0.2) is 30.9 Å². The third-order valence-corrected chi connectivity index (χ3v) is 13.2. The first-order valence-corrected chi connectivity index (χ1v) is 16.8. The highest BCUT2D eigenvalue weighted by atomic mass is 16.5. The molecule has 0 heterocycles. The van der Waals surface area contributed by atoms with Crippen molar-refractivity contribution in [2.24, 2.45) is 57.7 Å². The summed E-state index contributed by atoms with van der Waals surface area (Å²) in [4.78, 5) is 13.2. The Labute approximate surface area is 250 Å². The average molecular weight is 563 g/mol. The van der Waals surface area contributed by atoms with E-state index in [1.54, 1.807) is 18.2 Å². The van der Waals surface area contributed by atoms with Gasteiger partial charge in [-0.2, -0.15) is 0 Å². The summed E-state index contributed by atoms with van der Waals surface area (Å²) in [6.07, 6.45) is 16.4. The summed E-state index contributed by atoms with van der Waals surface area (Å²) in [5.74, 6) is 5.06. The minimum Gasteiger partial charge on any atom is -0.458 e. The number of nitrogens with two attached hydrogens (primary N) is 2. The van der Waals surface area contributed by atoms with Gasteiger partial charge in [0, 0.05) is 16.8 Å². The third kappa shape index (κ3) is 5.24. The number of nitrogen functional groups attached to an aromatic ring is 2. The van der Waals surface area contributed by atoms with E-state index >= 15 is 0 Å². The Kier molecular flexibility index (Phi) is 8.38. The third-order valence-electron chi connectivity index (χ3n) is 13.2. The van der Waals surface area contributed by atoms with Gasteiger partial charge in [-0.05, 0) is 122 Å². The highest BCUT2D eigenvalue weighted by Crippen LogP contribution is 2.71. The van der Waals surface area contributed by atoms with Crippen molar-refractivity contribution in [1.29, 1.82) is 0 Å². The van der Waals surface area contributed by atoms with Crippen molar-refractivity contribution in [3.8, 4) is 0 Å². The second kappa shape index (κ2) is 11.3. The lowest BCUT2D eigenvalue weighted by molar-refractivity contribution is -0.167. The molecule has 5 rings (SSSR count). The number of rotatable bonds is 8. The molecule has 0 aromatic heterocycles. The van der Waals surface area contributed by atoms with Crippen LogP contribution in [-0.2, 0) is 4.74 Å². The van der Waals surface area contributed by atoms with Crippen molar-refractivity contribution in [3.63, 3.8) is 0 Å². The highest BCUT2D eigenvalue weighted by molar-refractivity contribution is 5.91. The molecule has 41 heavy (non-hydrogen) atoms. The van der Waals surface area contributed by atoms with Crippen LogP contribution in [-0.4, -0.2) is 12.1 Å². The molecule has 228 valence electrons. The summed E-state index contributed by atoms with van der Waals surface area (Å²) in [6, 6.07) is 5.02. The van der Waals surface area contributed by atoms with Crippen LogP contribution < -0.4 is 11.5 Å². The fourth-order valence-corrected chi connectivity index (χ4v) is 11.3. The first-order chi connectivity index (χ1) is 19.3. The molecule has 0 amide bonds. The number of hydrogen-bond acceptors (Lipinski definition) is 4. The Bertz CT molecular complexity index is 1110. The molecule has 0 radical (unpaired) electrons. The molecule has 0 spiro atoms. The van der Waals surface area contributed by atoms with E-state index in [0.29, 0.717) is 34.2 Å². The van der Waals surface area contributed by atoms with Crippen molar-refractivity contribution in [1.82, 2.24) is 0 Å². The Balaban J connectivity index is 1.32. The molecule has 0 aliphatic heterocycles. The molecule has 9 unspecified atom stereocenters. The van der Waals surface area contributed by atoms with Crippen molar-refractivity contribution >= 4 is 17.3 Å². The van der Waals surface area contributed by atoms with Gasteiger partial charge in [0.2, 0.25) is 0 Å². The topological polar surface area (TPSA) is 78.3 Å². The van der Waals surface area contributed by atoms with E-state index in [1.165, 1.54) is 57.8 Å². The second-order valence-electron chi connectivity index (χ2n) is 16.0. The Morgan fingerprint density at radius 1 is 0.951 bits per heavy atom. The summed E-state index contributed by atoms with van der Waals surface area (Å²) >= 11 is 0. The van der Waals surface area contributed by atoms with Crippen LogP contribution >= 0.6 is 0 Å². The number of carbonyl (C=O) groups excluding carboxylic acids is 1. The molecule has 0 bridgehead atoms. The first-order valence-electron chi connectivity index (χ1n) is 16.8. The van der Waals surface area contributed by atoms with E-state index in [2.05, 4.69) is 54.2 Å². The van der Waals surface area contributed by atoms with Gasteiger partial charge in [0.15, 0.2) is 0 Å². The molecule has 4 aliphatic rings. The maximum atomic E-state index is 13.2. The average Bonchev–Trinajstić information content (AvgIpc) is 3.26. The fraction of sp³-hybridized carbons (Fsp3) is 0.757. The molecule has 0 saturated heterocycles. The van der Waals surface area contributed by atoms with Crippen molar-refractivity contribution in [3.05, 3.63) is 36.4 Å². The van der Waals surface area contributed by atoms with Gasteiger partial charge >= 0.3 is 5.97 Å². The Hall–Kier alpha value is -1.97. The maximum absolute atomic E-state index is 13.2. The number of esters is 1. The molecule has 4 saturated carbocycles. The summed E-state index contributed by atoms with van der Waals surface area (Å²) in [5.41, 5.74) is 13.9. The summed E-state index contributed by atoms with van der Waals surface area (Å²) in [6.45, 7) is 19.2. The quantitative estimate of drug-likeness (QED) is 0.188. The van der Waals surface area contributed by atoms with E-state index in [4.69, 9.17) is 16.2 Å². The minimum absolute atomic E-state index is 0.122. The number of benzene rings is 1. The monoisotopic (exact) mass is 562 g/mol. The first kappa shape index (κ1) is 30.5. The van der Waals surface area contributed by atoms with Gasteiger partial charge in [0.25, 0.3) is 0 Å². The normalized spacial score (nSPS) is 38.4. The predicted molar refractivity (Wildman–Crippen MR) is 171 cm³/mol. The largest absolute Gasteiger partial charge is 0.458 e. The van der Waals surface area contributed by atoms with Crippen LogP contribution in [0.2, 0.25) is 0 Å². The smallest absolute Gasteiger partial charge is 0.338 e. The van der Waals surface area contributed by atoms with Crippen LogP contribution in [0.3, 0.4) is 0 Å². The molecule has 4 fully saturated rings. The van der Waals surface area contributed by atoms with Crippen LogP contribution in [0.1, 0.15) is 123 Å². The lowest BCUT2D eigenvalue weighted by Gasteiger charge is -2.65. The minimum atomic E-state index is -0.310. The maximum Gasteiger partial charge on any atom is 0.338 e. The lowest BCUT2D eigenvalue weighted by atomic mass is 9.40. The molecule has 4 N–H and O–H groups in total. The fourth-order valence-electron chi connectivity index (χ4n) is 11.3. The van der Waals surface area contributed by atoms with Gasteiger partial charge in [-0.1, -0.05) is 66.9 Å². The van der Waals surface area contributed by atoms with Crippen molar-refractivity contribution in [2.75, 3.05) is 11.5 Å². The SMILES string of the molecule is C=CC12CCC(OC(=O)c3cc(N)cc(N)c3)C(C)(C)C1CCC1C3CCC(C(C)CCCC(C)C)C3(C)CCC12. The zero-order valence-corrected chi connectivity index (χ0v) is 26.9. The number of fused-ring (bicyclic) bond motifs is 5. The number of hydrogen-bond donors (Lipinski definition) is 2. The molecular formula is C37H58N2O2. The predicted octanol–water partition coefficient (Wildman–Crippen LogP) is 9.30. The summed E-state index contributed by atoms with van der Waals surface area (Å²) < 4.78 is 6.27. The Morgan fingerprint density at radius 3 is 2.32 bits per heavy atom. The van der Waals surface area contributed by atoms with Crippen molar-refractivity contribution < 1.29 is 9.53 Å². The number of anilines is 2. The number of allylic oxidation sites excluding steroid dienone is 1. The Morgan fingerprint density at radius 2 is 1.66 bits per heavy atom. The summed E-state index contributed by atoms with van der Waals surface area (Å²) in [5, 5.41) is 0. The van der Waals surface area contributed by atoms with Gasteiger partial charge in [-0.15, -0.1) is 6.58 Å². The lowest BCUT2D eigenvalue weighted by Crippen LogP contribution is -2.60. The van der Waals surface area contributed by atoms with E-state index in [1.807, 2.05) is 0 Å². The summed E-state index contributed by atoms with van der Waals surface area (Å²) in [7, 11) is 0. The standard InChI is InChI=1S/C37H58N2O2/c1-8-37-19-17-33(41-34(40)25-20-26(38)22-27(39)21-25)35(5,6)32(37)15-12-28-30-14-13-29(24(4)11-9-10-23(2)3)36(30,7)18-16-31(28)37/h8,20-24,28-33H,1,9-19,38-39H2,2-7H3. The molecule has 1 aromatic carbocycles. The van der Waals surface area contributed by atoms with E-state index in [0.717, 1.165) is 42.4 Å². The zero-order valence-electron chi connectivity index (χ0n) is 26.9. The van der Waals surface area contributed by atoms with Gasteiger partial charge in [-0.25, -0.2) is 4.79 Å². The molecule has 4 heteroatoms. The molecule has 9 atom stereocenters. The molecule has 4 aliphatic carbocycles. The second-order valence-corrected chi connectivity index (χ2v) is 16.0. The van der Waals surface area contributed by atoms with Crippen LogP contribution in [0.4, 0.5) is 11.4 Å². The van der Waals surface area contributed by atoms with Gasteiger partial charge in [0.05, 0.1) is 5.56 Å². The molecular weight excluding hydrogens is 504 g/mol. The highest BCUT2D eigenvalue weighted by Gasteiger charge is 2.64. The van der Waals surface area contributed by atoms with Gasteiger partial charge in [-0.3, -0.25) is 0 Å². The van der Waals surface area contributed by atoms with Crippen LogP contribution in [0, 0.1) is 57.7 Å². The van der Waals surface area contributed by atoms with E-state index in [-0.39, 0.29) is 22.9 Å². The zero-order chi connectivity index (χ0) is 29.7. The molecule has 1 aromatic rings. The van der Waals surface area contributed by atoms with E-state index in [9.17, 15) is 4.79 Å². The van der Waals surface area contributed by atoms with Gasteiger partial charge in [0.1, 0.15) is 6.10 Å². The molecule has 4 nitrogen and oxygen atoms in total. The van der Waals surface area contributed by atoms with Crippen LogP contribution in [0.5, 0.6) is 0 Å². The van der Waals surface area contributed by atoms with E-state index < -0.39 is 0 Å². The van der Waals surface area contributed by atoms with Crippen LogP contribution in [0.25, 0.3) is 0 Å². The number of carbonyl (C=O) groups is 1. The van der Waals surface area contributed by atoms with Crippen molar-refractivity contribution in [2.45, 2.75) is 118 Å². The van der Waals surface area contributed by atoms with Gasteiger partial charge < -0.3 is 16.2 Å². The number of ether oxygens (including phenoxy) is 1.